The highest BCUT2D eigenvalue weighted by atomic mass is 16.6. The van der Waals surface area contributed by atoms with Crippen molar-refractivity contribution in [3.63, 3.8) is 0 Å². The summed E-state index contributed by atoms with van der Waals surface area (Å²) in [6, 6.07) is 6.01. The third kappa shape index (κ3) is 27.0. The molecule has 0 heterocycles. The Balaban J connectivity index is 1.95. The first-order chi connectivity index (χ1) is 39.4. The molecule has 1 aliphatic rings. The van der Waals surface area contributed by atoms with Gasteiger partial charge in [0.15, 0.2) is 23.8 Å². The summed E-state index contributed by atoms with van der Waals surface area (Å²) in [6.45, 7) is 11.6. The lowest BCUT2D eigenvalue weighted by molar-refractivity contribution is -0.117. The lowest BCUT2D eigenvalue weighted by Gasteiger charge is -2.26. The van der Waals surface area contributed by atoms with E-state index in [2.05, 4.69) is 144 Å². The fourth-order valence-corrected chi connectivity index (χ4v) is 7.36. The van der Waals surface area contributed by atoms with E-state index >= 15 is 9.59 Å². The molecular weight excluding hydrogens is 993 g/mol. The van der Waals surface area contributed by atoms with E-state index in [-0.39, 0.29) is 69.7 Å². The van der Waals surface area contributed by atoms with Crippen molar-refractivity contribution < 1.29 is 28.9 Å². The summed E-state index contributed by atoms with van der Waals surface area (Å²) in [5.74, 6) is 34.6. The third-order valence-electron chi connectivity index (χ3n) is 11.1. The molecule has 0 bridgehead atoms. The zero-order chi connectivity index (χ0) is 57.4. The number of hydrogen-bond acceptors (Lipinski definition) is 8. The van der Waals surface area contributed by atoms with Crippen molar-refractivity contribution in [2.24, 2.45) is 0 Å². The van der Waals surface area contributed by atoms with Gasteiger partial charge in [0.25, 0.3) is 0 Å². The van der Waals surface area contributed by atoms with E-state index < -0.39 is 11.6 Å². The van der Waals surface area contributed by atoms with Crippen LogP contribution in [0.5, 0.6) is 0 Å². The smallest absolute Gasteiger partial charge is 0.224 e. The molecule has 0 fully saturated rings. The van der Waals surface area contributed by atoms with E-state index in [0.717, 1.165) is 64.2 Å². The van der Waals surface area contributed by atoms with Crippen molar-refractivity contribution in [2.45, 2.75) is 117 Å². The van der Waals surface area contributed by atoms with Crippen LogP contribution in [0.1, 0.15) is 148 Å². The van der Waals surface area contributed by atoms with Gasteiger partial charge in [0, 0.05) is 48.4 Å². The zero-order valence-corrected chi connectivity index (χ0v) is 45.9. The summed E-state index contributed by atoms with van der Waals surface area (Å²) in [5.41, 5.74) is 5.19. The number of unbranched alkanes of at least 4 members (excludes halogenated alkanes) is 12. The summed E-state index contributed by atoms with van der Waals surface area (Å²) in [6.07, 6.45) is 51.9. The fraction of sp³-hybridized carbons (Fsp3) is 0.257. The molecule has 4 N–H and O–H groups in total. The molecule has 10 heteroatoms. The maximum absolute atomic E-state index is 15.0. The number of carbonyl (C=O) groups is 4. The number of fused-ring (bicyclic) bond motifs is 2. The van der Waals surface area contributed by atoms with Gasteiger partial charge in [-0.1, -0.05) is 213 Å². The molecule has 10 nitrogen and oxygen atoms in total. The third-order valence-corrected chi connectivity index (χ3v) is 11.1. The van der Waals surface area contributed by atoms with Gasteiger partial charge < -0.3 is 20.3 Å². The molecule has 0 saturated carbocycles. The molecule has 2 aromatic rings. The number of anilines is 4. The number of ketones is 2. The van der Waals surface area contributed by atoms with E-state index in [1.54, 1.807) is 36.5 Å². The van der Waals surface area contributed by atoms with Crippen LogP contribution in [0.3, 0.4) is 0 Å². The van der Waals surface area contributed by atoms with E-state index in [1.807, 2.05) is 72.9 Å². The van der Waals surface area contributed by atoms with Crippen LogP contribution < -0.4 is 21.6 Å². The summed E-state index contributed by atoms with van der Waals surface area (Å²) in [5, 5.41) is 5.78. The average Bonchev–Trinajstić information content (AvgIpc) is 3.64. The predicted octanol–water partition coefficient (Wildman–Crippen LogP) is 14.1. The zero-order valence-electron chi connectivity index (χ0n) is 45.9. The number of hydrogen-bond donors (Lipinski definition) is 4. The quantitative estimate of drug-likeness (QED) is 0.0224. The van der Waals surface area contributed by atoms with Crippen LogP contribution in [0.4, 0.5) is 22.7 Å². The standard InChI is InChI=1S/C70H68N4O6/c1-5-9-13-17-21-23-25-27-29-31-33-35-37-41-45-49-57-79-73-61-55-56-62(74-80-58-50-46-42-38-36-34-32-30-28-26-24-22-18-14-10-6-2)68-67(61)69(77)65-59(71-63(75)51-47-43-39-19-15-11-7-3)53-54-60(66(65)70(68)78)72-64(76)52-48-44-40-20-16-12-8-4/h5-6,9-10,13-14,17-18,21-30,53-56,73-74H,1-2,7-8,11-12,15-16,19-20,39-40,43-44,47-48,51-52H2,3-4H3,(H,71,75)(H,72,76). The Morgan fingerprint density at radius 3 is 1.07 bits per heavy atom. The van der Waals surface area contributed by atoms with Gasteiger partial charge in [-0.2, -0.15) is 0 Å². The van der Waals surface area contributed by atoms with Crippen molar-refractivity contribution in [1.29, 1.82) is 0 Å². The largest absolute Gasteiger partial charge is 0.328 e. The predicted molar refractivity (Wildman–Crippen MR) is 327 cm³/mol. The Hall–Kier alpha value is -10.2. The van der Waals surface area contributed by atoms with E-state index in [0.29, 0.717) is 12.8 Å². The van der Waals surface area contributed by atoms with Crippen LogP contribution in [-0.4, -0.2) is 23.4 Å². The summed E-state index contributed by atoms with van der Waals surface area (Å²) >= 11 is 0. The molecule has 404 valence electrons. The Kier molecular flexibility index (Phi) is 34.4. The minimum absolute atomic E-state index is 0.0550. The van der Waals surface area contributed by atoms with Crippen molar-refractivity contribution in [1.82, 2.24) is 0 Å². The van der Waals surface area contributed by atoms with Crippen LogP contribution in [0, 0.1) is 95.1 Å². The number of rotatable bonds is 30. The normalized spacial score (nSPS) is 11.0. The van der Waals surface area contributed by atoms with Gasteiger partial charge in [-0.15, -0.1) is 0 Å². The highest BCUT2D eigenvalue weighted by molar-refractivity contribution is 6.35. The van der Waals surface area contributed by atoms with Crippen molar-refractivity contribution >= 4 is 46.1 Å². The molecule has 0 radical (unpaired) electrons. The van der Waals surface area contributed by atoms with Gasteiger partial charge in [-0.3, -0.25) is 19.2 Å². The van der Waals surface area contributed by atoms with Crippen molar-refractivity contribution in [3.05, 3.63) is 169 Å². The van der Waals surface area contributed by atoms with Gasteiger partial charge in [0.05, 0.1) is 45.0 Å². The van der Waals surface area contributed by atoms with Crippen LogP contribution in [-0.2, 0) is 19.3 Å². The van der Waals surface area contributed by atoms with Crippen LogP contribution >= 0.6 is 0 Å². The molecule has 0 unspecified atom stereocenters. The molecule has 0 spiro atoms. The Bertz CT molecular complexity index is 3040. The molecule has 3 rings (SSSR count). The van der Waals surface area contributed by atoms with Gasteiger partial charge in [0.1, 0.15) is 0 Å². The summed E-state index contributed by atoms with van der Waals surface area (Å²) in [7, 11) is 0. The molecule has 2 aromatic carbocycles. The molecule has 1 aliphatic carbocycles. The fourth-order valence-electron chi connectivity index (χ4n) is 7.36. The summed E-state index contributed by atoms with van der Waals surface area (Å²) in [4.78, 5) is 67.9. The molecule has 0 atom stereocenters. The van der Waals surface area contributed by atoms with Gasteiger partial charge in [0.2, 0.25) is 11.8 Å². The van der Waals surface area contributed by atoms with E-state index in [9.17, 15) is 9.59 Å². The van der Waals surface area contributed by atoms with Crippen LogP contribution in [0.2, 0.25) is 0 Å². The molecule has 0 saturated heterocycles. The molecular formula is C70H68N4O6. The maximum atomic E-state index is 15.0. The first-order valence-electron chi connectivity index (χ1n) is 26.8. The molecule has 2 amide bonds. The number of amides is 2. The SMILES string of the molecule is C=CC=CC=CC=CC=CC#CC#CC#CC#CONc1ccc(NOC#CC#CC#CC#CC=CC=CC=CC=CC=C)c2c1C(=O)c1c(NC(=O)CCCCCCCCC)ccc(NC(=O)CCCCCCCCC)c1C2=O. The van der Waals surface area contributed by atoms with Crippen molar-refractivity contribution in [3.8, 4) is 95.1 Å². The van der Waals surface area contributed by atoms with E-state index in [4.69, 9.17) is 9.68 Å². The number of carbonyl (C=O) groups excluding carboxylic acids is 4. The van der Waals surface area contributed by atoms with Crippen molar-refractivity contribution in [2.75, 3.05) is 21.6 Å². The maximum Gasteiger partial charge on any atom is 0.224 e. The lowest BCUT2D eigenvalue weighted by atomic mass is 9.80. The second kappa shape index (κ2) is 43.0. The highest BCUT2D eigenvalue weighted by Gasteiger charge is 2.38. The Labute approximate surface area is 475 Å². The topological polar surface area (TPSA) is 135 Å². The highest BCUT2D eigenvalue weighted by Crippen LogP contribution is 2.42. The lowest BCUT2D eigenvalue weighted by Crippen LogP contribution is -2.28. The Morgan fingerprint density at radius 1 is 0.400 bits per heavy atom. The number of allylic oxidation sites excluding steroid dienone is 18. The monoisotopic (exact) mass is 1060 g/mol. The van der Waals surface area contributed by atoms with E-state index in [1.165, 1.54) is 37.1 Å². The van der Waals surface area contributed by atoms with Gasteiger partial charge >= 0.3 is 0 Å². The second-order valence-electron chi connectivity index (χ2n) is 17.2. The number of nitrogens with one attached hydrogen (secondary N) is 4. The minimum Gasteiger partial charge on any atom is -0.328 e. The second-order valence-corrected chi connectivity index (χ2v) is 17.2. The first-order valence-corrected chi connectivity index (χ1v) is 26.8. The minimum atomic E-state index is -0.655. The Morgan fingerprint density at radius 2 is 0.700 bits per heavy atom. The first kappa shape index (κ1) is 64.1. The van der Waals surface area contributed by atoms with Gasteiger partial charge in [-0.05, 0) is 84.8 Å². The average molecular weight is 1060 g/mol. The van der Waals surface area contributed by atoms with Crippen LogP contribution in [0.25, 0.3) is 0 Å². The summed E-state index contributed by atoms with van der Waals surface area (Å²) < 4.78 is 0. The molecule has 0 aliphatic heterocycles. The van der Waals surface area contributed by atoms with Gasteiger partial charge in [-0.25, -0.2) is 11.0 Å². The molecule has 0 aromatic heterocycles. The molecule has 80 heavy (non-hydrogen) atoms. The van der Waals surface area contributed by atoms with Crippen LogP contribution in [0.15, 0.2) is 147 Å². The number of benzene rings is 2.